The van der Waals surface area contributed by atoms with Crippen LogP contribution in [-0.2, 0) is 13.0 Å². The van der Waals surface area contributed by atoms with E-state index in [1.165, 1.54) is 29.9 Å². The van der Waals surface area contributed by atoms with Crippen LogP contribution in [0.25, 0.3) is 0 Å². The average Bonchev–Trinajstić information content (AvgIpc) is 2.92. The summed E-state index contributed by atoms with van der Waals surface area (Å²) < 4.78 is 20.2. The molecule has 2 heterocycles. The molecule has 3 rings (SSSR count). The summed E-state index contributed by atoms with van der Waals surface area (Å²) in [5.41, 5.74) is 0.331. The summed E-state index contributed by atoms with van der Waals surface area (Å²) in [7, 11) is 0. The molecule has 130 valence electrons. The van der Waals surface area contributed by atoms with E-state index < -0.39 is 11.6 Å². The number of hydrogen-bond acceptors (Lipinski definition) is 4. The molecule has 0 aliphatic carbocycles. The standard InChI is InChI=1S/C17H21ClFN3O2/c18-14-6-4-7-15(19)13(14)12-16-20-24-17(23)22(16)11-5-10-21-8-2-1-3-9-21/h4,6-7H,1-3,5,8-12H2. The Morgan fingerprint density at radius 1 is 1.21 bits per heavy atom. The molecule has 1 aromatic heterocycles. The highest BCUT2D eigenvalue weighted by Gasteiger charge is 2.16. The molecule has 1 aliphatic rings. The SMILES string of the molecule is O=c1onc(Cc2c(F)cccc2Cl)n1CCCN1CCCCC1. The molecule has 0 bridgehead atoms. The Morgan fingerprint density at radius 2 is 2.00 bits per heavy atom. The molecule has 24 heavy (non-hydrogen) atoms. The highest BCUT2D eigenvalue weighted by atomic mass is 35.5. The van der Waals surface area contributed by atoms with Crippen molar-refractivity contribution < 1.29 is 8.91 Å². The summed E-state index contributed by atoms with van der Waals surface area (Å²) in [6, 6.07) is 4.52. The van der Waals surface area contributed by atoms with Crippen LogP contribution in [0, 0.1) is 5.82 Å². The van der Waals surface area contributed by atoms with Crippen molar-refractivity contribution in [2.45, 2.75) is 38.6 Å². The Labute approximate surface area is 145 Å². The Bertz CT molecular complexity index is 717. The second kappa shape index (κ2) is 7.94. The van der Waals surface area contributed by atoms with Crippen molar-refractivity contribution in [2.24, 2.45) is 0 Å². The fourth-order valence-electron chi connectivity index (χ4n) is 3.14. The topological polar surface area (TPSA) is 51.3 Å². The molecule has 0 saturated carbocycles. The molecule has 0 spiro atoms. The zero-order chi connectivity index (χ0) is 16.9. The van der Waals surface area contributed by atoms with E-state index in [0.29, 0.717) is 23.0 Å². The Balaban J connectivity index is 1.66. The van der Waals surface area contributed by atoms with E-state index in [1.807, 2.05) is 0 Å². The van der Waals surface area contributed by atoms with Crippen LogP contribution in [0.1, 0.15) is 37.1 Å². The number of halogens is 2. The minimum atomic E-state index is -0.504. The van der Waals surface area contributed by atoms with Gasteiger partial charge in [-0.25, -0.2) is 9.18 Å². The van der Waals surface area contributed by atoms with Crippen molar-refractivity contribution in [2.75, 3.05) is 19.6 Å². The molecular weight excluding hydrogens is 333 g/mol. The number of rotatable bonds is 6. The summed E-state index contributed by atoms with van der Waals surface area (Å²) in [5, 5.41) is 4.12. The van der Waals surface area contributed by atoms with Crippen molar-refractivity contribution in [1.82, 2.24) is 14.6 Å². The van der Waals surface area contributed by atoms with Gasteiger partial charge in [0.25, 0.3) is 0 Å². The molecule has 0 N–H and O–H groups in total. The van der Waals surface area contributed by atoms with Crippen molar-refractivity contribution in [1.29, 1.82) is 0 Å². The number of nitrogens with zero attached hydrogens (tertiary/aromatic N) is 3. The van der Waals surface area contributed by atoms with Crippen molar-refractivity contribution in [3.8, 4) is 0 Å². The number of piperidine rings is 1. The number of likely N-dealkylation sites (tertiary alicyclic amines) is 1. The first-order valence-electron chi connectivity index (χ1n) is 8.36. The van der Waals surface area contributed by atoms with E-state index >= 15 is 0 Å². The molecule has 1 aromatic carbocycles. The van der Waals surface area contributed by atoms with Gasteiger partial charge in [0.1, 0.15) is 5.82 Å². The molecule has 5 nitrogen and oxygen atoms in total. The van der Waals surface area contributed by atoms with Gasteiger partial charge in [-0.1, -0.05) is 29.2 Å². The fourth-order valence-corrected chi connectivity index (χ4v) is 3.37. The second-order valence-corrected chi connectivity index (χ2v) is 6.56. The van der Waals surface area contributed by atoms with Gasteiger partial charge in [-0.3, -0.25) is 9.09 Å². The van der Waals surface area contributed by atoms with E-state index in [2.05, 4.69) is 10.1 Å². The molecule has 2 aromatic rings. The third-order valence-corrected chi connectivity index (χ3v) is 4.82. The van der Waals surface area contributed by atoms with Gasteiger partial charge in [0.05, 0.1) is 0 Å². The molecule has 1 saturated heterocycles. The predicted octanol–water partition coefficient (Wildman–Crippen LogP) is 3.10. The van der Waals surface area contributed by atoms with Gasteiger partial charge in [0, 0.05) is 23.6 Å². The van der Waals surface area contributed by atoms with E-state index in [-0.39, 0.29) is 6.42 Å². The largest absolute Gasteiger partial charge is 0.441 e. The lowest BCUT2D eigenvalue weighted by atomic mass is 10.1. The van der Waals surface area contributed by atoms with Crippen LogP contribution >= 0.6 is 11.6 Å². The monoisotopic (exact) mass is 353 g/mol. The smallest absolute Gasteiger partial charge is 0.303 e. The summed E-state index contributed by atoms with van der Waals surface area (Å²) in [6.45, 7) is 3.70. The van der Waals surface area contributed by atoms with Crippen molar-refractivity contribution in [3.63, 3.8) is 0 Å². The first-order chi connectivity index (χ1) is 11.6. The average molecular weight is 354 g/mol. The van der Waals surface area contributed by atoms with Crippen LogP contribution in [0.4, 0.5) is 4.39 Å². The zero-order valence-corrected chi connectivity index (χ0v) is 14.3. The lowest BCUT2D eigenvalue weighted by molar-refractivity contribution is 0.222. The predicted molar refractivity (Wildman–Crippen MR) is 89.9 cm³/mol. The molecule has 1 fully saturated rings. The third-order valence-electron chi connectivity index (χ3n) is 4.46. The number of benzene rings is 1. The van der Waals surface area contributed by atoms with Crippen LogP contribution in [0.5, 0.6) is 0 Å². The van der Waals surface area contributed by atoms with Gasteiger partial charge in [-0.2, -0.15) is 0 Å². The molecular formula is C17H21ClFN3O2. The van der Waals surface area contributed by atoms with Gasteiger partial charge < -0.3 is 4.90 Å². The zero-order valence-electron chi connectivity index (χ0n) is 13.5. The highest BCUT2D eigenvalue weighted by Crippen LogP contribution is 2.21. The first-order valence-corrected chi connectivity index (χ1v) is 8.73. The van der Waals surface area contributed by atoms with Crippen LogP contribution < -0.4 is 5.76 Å². The number of aromatic nitrogens is 2. The molecule has 0 atom stereocenters. The molecule has 0 unspecified atom stereocenters. The maximum atomic E-state index is 13.9. The lowest BCUT2D eigenvalue weighted by Gasteiger charge is -2.26. The minimum Gasteiger partial charge on any atom is -0.303 e. The van der Waals surface area contributed by atoms with Crippen LogP contribution in [0.2, 0.25) is 5.02 Å². The second-order valence-electron chi connectivity index (χ2n) is 6.15. The lowest BCUT2D eigenvalue weighted by Crippen LogP contribution is -2.31. The molecule has 1 aliphatic heterocycles. The molecule has 7 heteroatoms. The molecule has 0 amide bonds. The van der Waals surface area contributed by atoms with E-state index in [0.717, 1.165) is 26.1 Å². The van der Waals surface area contributed by atoms with Crippen molar-refractivity contribution in [3.05, 3.63) is 51.0 Å². The van der Waals surface area contributed by atoms with Gasteiger partial charge in [0.2, 0.25) is 0 Å². The number of hydrogen-bond donors (Lipinski definition) is 0. The fraction of sp³-hybridized carbons (Fsp3) is 0.529. The summed E-state index contributed by atoms with van der Waals surface area (Å²) >= 11 is 6.05. The minimum absolute atomic E-state index is 0.140. The van der Waals surface area contributed by atoms with Gasteiger partial charge in [-0.05, 0) is 51.0 Å². The summed E-state index contributed by atoms with van der Waals surface area (Å²) in [4.78, 5) is 14.3. The van der Waals surface area contributed by atoms with Crippen LogP contribution in [0.15, 0.2) is 27.5 Å². The van der Waals surface area contributed by atoms with Crippen LogP contribution in [-0.4, -0.2) is 34.3 Å². The quantitative estimate of drug-likeness (QED) is 0.800. The Morgan fingerprint density at radius 3 is 2.75 bits per heavy atom. The van der Waals surface area contributed by atoms with Crippen LogP contribution in [0.3, 0.4) is 0 Å². The third kappa shape index (κ3) is 4.05. The van der Waals surface area contributed by atoms with Gasteiger partial charge in [-0.15, -0.1) is 0 Å². The van der Waals surface area contributed by atoms with E-state index in [4.69, 9.17) is 16.1 Å². The normalized spacial score (nSPS) is 15.8. The van der Waals surface area contributed by atoms with Gasteiger partial charge in [0.15, 0.2) is 5.82 Å². The summed E-state index contributed by atoms with van der Waals surface area (Å²) in [6.07, 6.45) is 4.75. The van der Waals surface area contributed by atoms with E-state index in [1.54, 1.807) is 12.1 Å². The maximum absolute atomic E-state index is 13.9. The Kier molecular flexibility index (Phi) is 5.68. The Hall–Kier alpha value is -1.66. The molecule has 0 radical (unpaired) electrons. The van der Waals surface area contributed by atoms with E-state index in [9.17, 15) is 9.18 Å². The summed E-state index contributed by atoms with van der Waals surface area (Å²) in [5.74, 6) is -0.500. The highest BCUT2D eigenvalue weighted by molar-refractivity contribution is 6.31. The first kappa shape index (κ1) is 17.2. The van der Waals surface area contributed by atoms with Gasteiger partial charge >= 0.3 is 5.76 Å². The van der Waals surface area contributed by atoms with Crippen molar-refractivity contribution >= 4 is 11.6 Å². The maximum Gasteiger partial charge on any atom is 0.441 e.